The molecule has 2 atom stereocenters. The minimum absolute atomic E-state index is 0.0840. The number of hydrogen-bond acceptors (Lipinski definition) is 5. The van der Waals surface area contributed by atoms with E-state index in [-0.39, 0.29) is 29.4 Å². The van der Waals surface area contributed by atoms with Crippen LogP contribution in [0.2, 0.25) is 0 Å². The largest absolute Gasteiger partial charge is 0.469 e. The van der Waals surface area contributed by atoms with E-state index in [1.165, 1.54) is 7.11 Å². The molecule has 0 radical (unpaired) electrons. The smallest absolute Gasteiger partial charge is 0.310 e. The third kappa shape index (κ3) is 2.55. The zero-order valence-electron chi connectivity index (χ0n) is 12.4. The maximum absolute atomic E-state index is 12.4. The van der Waals surface area contributed by atoms with E-state index in [1.54, 1.807) is 17.0 Å². The van der Waals surface area contributed by atoms with Crippen LogP contribution in [0.25, 0.3) is 0 Å². The van der Waals surface area contributed by atoms with Crippen molar-refractivity contribution in [3.63, 3.8) is 0 Å². The topological polar surface area (TPSA) is 64.4 Å². The number of rotatable bonds is 3. The molecule has 2 unspecified atom stereocenters. The normalized spacial score (nSPS) is 22.4. The van der Waals surface area contributed by atoms with Crippen LogP contribution in [0.15, 0.2) is 17.2 Å². The molecule has 1 saturated heterocycles. The average Bonchev–Trinajstić information content (AvgIpc) is 2.79. The Morgan fingerprint density at radius 1 is 1.45 bits per heavy atom. The SMILES string of the molecule is COC(=O)C1CN(c2nccn(C(C)C)c2=O)CC1C. The molecule has 1 aliphatic rings. The second-order valence-electron chi connectivity index (χ2n) is 5.57. The van der Waals surface area contributed by atoms with Gasteiger partial charge in [0.15, 0.2) is 5.82 Å². The van der Waals surface area contributed by atoms with Crippen LogP contribution in [0.3, 0.4) is 0 Å². The second kappa shape index (κ2) is 5.64. The fourth-order valence-electron chi connectivity index (χ4n) is 2.64. The van der Waals surface area contributed by atoms with Gasteiger partial charge in [-0.2, -0.15) is 0 Å². The van der Waals surface area contributed by atoms with Crippen LogP contribution in [0, 0.1) is 11.8 Å². The first-order valence-corrected chi connectivity index (χ1v) is 6.85. The summed E-state index contributed by atoms with van der Waals surface area (Å²) in [5, 5.41) is 0. The lowest BCUT2D eigenvalue weighted by atomic mass is 9.99. The molecule has 1 fully saturated rings. The van der Waals surface area contributed by atoms with Gasteiger partial charge in [-0.3, -0.25) is 9.59 Å². The summed E-state index contributed by atoms with van der Waals surface area (Å²) < 4.78 is 6.46. The molecule has 0 amide bonds. The molecule has 1 aromatic rings. The van der Waals surface area contributed by atoms with Crippen LogP contribution in [0.1, 0.15) is 26.8 Å². The molecule has 6 nitrogen and oxygen atoms in total. The monoisotopic (exact) mass is 279 g/mol. The summed E-state index contributed by atoms with van der Waals surface area (Å²) in [6.45, 7) is 7.03. The van der Waals surface area contributed by atoms with Crippen molar-refractivity contribution in [2.75, 3.05) is 25.1 Å². The molecule has 110 valence electrons. The van der Waals surface area contributed by atoms with Gasteiger partial charge in [0.1, 0.15) is 0 Å². The average molecular weight is 279 g/mol. The fraction of sp³-hybridized carbons (Fsp3) is 0.643. The van der Waals surface area contributed by atoms with Crippen molar-refractivity contribution in [2.24, 2.45) is 11.8 Å². The Labute approximate surface area is 118 Å². The van der Waals surface area contributed by atoms with Crippen LogP contribution in [-0.4, -0.2) is 35.7 Å². The Morgan fingerprint density at radius 2 is 2.15 bits per heavy atom. The summed E-state index contributed by atoms with van der Waals surface area (Å²) >= 11 is 0. The number of carbonyl (C=O) groups excluding carboxylic acids is 1. The summed E-state index contributed by atoms with van der Waals surface area (Å²) in [7, 11) is 1.39. The van der Waals surface area contributed by atoms with Gasteiger partial charge < -0.3 is 14.2 Å². The summed E-state index contributed by atoms with van der Waals surface area (Å²) in [4.78, 5) is 30.2. The molecule has 20 heavy (non-hydrogen) atoms. The van der Waals surface area contributed by atoms with E-state index in [2.05, 4.69) is 4.98 Å². The van der Waals surface area contributed by atoms with E-state index in [4.69, 9.17) is 4.74 Å². The van der Waals surface area contributed by atoms with Gasteiger partial charge in [0.2, 0.25) is 0 Å². The van der Waals surface area contributed by atoms with Crippen LogP contribution in [0.4, 0.5) is 5.82 Å². The first kappa shape index (κ1) is 14.6. The standard InChI is InChI=1S/C14H21N3O3/c1-9(2)17-6-5-15-12(13(17)18)16-7-10(3)11(8-16)14(19)20-4/h5-6,9-11H,7-8H2,1-4H3. The van der Waals surface area contributed by atoms with Gasteiger partial charge in [-0.25, -0.2) is 4.98 Å². The van der Waals surface area contributed by atoms with Crippen molar-refractivity contribution < 1.29 is 9.53 Å². The van der Waals surface area contributed by atoms with Crippen molar-refractivity contribution >= 4 is 11.8 Å². The Morgan fingerprint density at radius 3 is 2.75 bits per heavy atom. The Balaban J connectivity index is 2.28. The Hall–Kier alpha value is -1.85. The predicted octanol–water partition coefficient (Wildman–Crippen LogP) is 1.07. The molecule has 0 spiro atoms. The van der Waals surface area contributed by atoms with Crippen molar-refractivity contribution in [3.05, 3.63) is 22.7 Å². The number of methoxy groups -OCH3 is 1. The van der Waals surface area contributed by atoms with Crippen LogP contribution in [-0.2, 0) is 9.53 Å². The van der Waals surface area contributed by atoms with Crippen LogP contribution < -0.4 is 10.5 Å². The fourth-order valence-corrected chi connectivity index (χ4v) is 2.64. The molecule has 1 aromatic heterocycles. The van der Waals surface area contributed by atoms with E-state index < -0.39 is 0 Å². The second-order valence-corrected chi connectivity index (χ2v) is 5.57. The molecule has 0 aromatic carbocycles. The minimum atomic E-state index is -0.222. The molecule has 0 aliphatic carbocycles. The van der Waals surface area contributed by atoms with Gasteiger partial charge >= 0.3 is 5.97 Å². The number of nitrogens with zero attached hydrogens (tertiary/aromatic N) is 3. The number of anilines is 1. The summed E-state index contributed by atoms with van der Waals surface area (Å²) in [6, 6.07) is 0.0840. The number of esters is 1. The highest BCUT2D eigenvalue weighted by molar-refractivity contribution is 5.74. The quantitative estimate of drug-likeness (QED) is 0.774. The molecular weight excluding hydrogens is 258 g/mol. The number of hydrogen-bond donors (Lipinski definition) is 0. The van der Waals surface area contributed by atoms with Gasteiger partial charge in [-0.05, 0) is 19.8 Å². The summed E-state index contributed by atoms with van der Waals surface area (Å²) in [5.41, 5.74) is -0.111. The minimum Gasteiger partial charge on any atom is -0.469 e. The van der Waals surface area contributed by atoms with Gasteiger partial charge in [-0.1, -0.05) is 6.92 Å². The van der Waals surface area contributed by atoms with Crippen LogP contribution in [0.5, 0.6) is 0 Å². The van der Waals surface area contributed by atoms with E-state index in [9.17, 15) is 9.59 Å². The van der Waals surface area contributed by atoms with Crippen molar-refractivity contribution in [1.29, 1.82) is 0 Å². The third-order valence-electron chi connectivity index (χ3n) is 3.82. The lowest BCUT2D eigenvalue weighted by Gasteiger charge is -2.18. The highest BCUT2D eigenvalue weighted by atomic mass is 16.5. The highest BCUT2D eigenvalue weighted by Gasteiger charge is 2.37. The molecular formula is C14H21N3O3. The summed E-state index contributed by atoms with van der Waals surface area (Å²) in [5.74, 6) is 0.143. The van der Waals surface area contributed by atoms with Gasteiger partial charge in [0.05, 0.1) is 13.0 Å². The zero-order valence-corrected chi connectivity index (χ0v) is 12.4. The molecule has 0 N–H and O–H groups in total. The highest BCUT2D eigenvalue weighted by Crippen LogP contribution is 2.26. The van der Waals surface area contributed by atoms with E-state index in [1.807, 2.05) is 25.7 Å². The molecule has 1 aliphatic heterocycles. The first-order valence-electron chi connectivity index (χ1n) is 6.85. The summed E-state index contributed by atoms with van der Waals surface area (Å²) in [6.07, 6.45) is 3.32. The Bertz CT molecular complexity index is 553. The molecule has 2 rings (SSSR count). The van der Waals surface area contributed by atoms with Crippen molar-refractivity contribution in [3.8, 4) is 0 Å². The van der Waals surface area contributed by atoms with Crippen LogP contribution >= 0.6 is 0 Å². The lowest BCUT2D eigenvalue weighted by molar-refractivity contribution is -0.145. The Kier molecular flexibility index (Phi) is 4.11. The van der Waals surface area contributed by atoms with E-state index in [0.717, 1.165) is 0 Å². The van der Waals surface area contributed by atoms with Crippen molar-refractivity contribution in [2.45, 2.75) is 26.8 Å². The number of ether oxygens (including phenoxy) is 1. The van der Waals surface area contributed by atoms with Crippen molar-refractivity contribution in [1.82, 2.24) is 9.55 Å². The first-order chi connectivity index (χ1) is 9.45. The molecule has 0 saturated carbocycles. The van der Waals surface area contributed by atoms with Gasteiger partial charge in [0, 0.05) is 31.5 Å². The van der Waals surface area contributed by atoms with Gasteiger partial charge in [-0.15, -0.1) is 0 Å². The molecule has 2 heterocycles. The molecule has 0 bridgehead atoms. The third-order valence-corrected chi connectivity index (χ3v) is 3.82. The van der Waals surface area contributed by atoms with Gasteiger partial charge in [0.25, 0.3) is 5.56 Å². The van der Waals surface area contributed by atoms with E-state index >= 15 is 0 Å². The number of aromatic nitrogens is 2. The van der Waals surface area contributed by atoms with E-state index in [0.29, 0.717) is 18.9 Å². The lowest BCUT2D eigenvalue weighted by Crippen LogP contribution is -2.33. The number of carbonyl (C=O) groups is 1. The molecule has 6 heteroatoms. The predicted molar refractivity (Wildman–Crippen MR) is 75.8 cm³/mol. The zero-order chi connectivity index (χ0) is 14.9. The maximum Gasteiger partial charge on any atom is 0.310 e. The maximum atomic E-state index is 12.4.